The number of fused-ring (bicyclic) bond motifs is 5. The number of benzene rings is 2. The predicted octanol–water partition coefficient (Wildman–Crippen LogP) is 4.22. The molecule has 0 amide bonds. The summed E-state index contributed by atoms with van der Waals surface area (Å²) in [5, 5.41) is 20.1. The molecule has 0 saturated carbocycles. The average Bonchev–Trinajstić information content (AvgIpc) is 2.97. The molecule has 2 aromatic rings. The van der Waals surface area contributed by atoms with Gasteiger partial charge in [-0.25, -0.2) is 0 Å². The molecule has 0 bridgehead atoms. The Morgan fingerprint density at radius 3 is 2.81 bits per heavy atom. The van der Waals surface area contributed by atoms with Crippen LogP contribution in [0.3, 0.4) is 0 Å². The maximum absolute atomic E-state index is 10.4. The van der Waals surface area contributed by atoms with Crippen molar-refractivity contribution in [2.45, 2.75) is 32.3 Å². The van der Waals surface area contributed by atoms with E-state index in [-0.39, 0.29) is 23.5 Å². The van der Waals surface area contributed by atoms with Gasteiger partial charge in [-0.05, 0) is 26.3 Å². The number of rotatable bonds is 3. The Morgan fingerprint density at radius 2 is 2.08 bits per heavy atom. The second-order valence-electron chi connectivity index (χ2n) is 6.98. The Labute approximate surface area is 152 Å². The second kappa shape index (κ2) is 6.16. The van der Waals surface area contributed by atoms with Crippen LogP contribution in [0.2, 0.25) is 0 Å². The van der Waals surface area contributed by atoms with Gasteiger partial charge in [0.25, 0.3) is 0 Å². The largest absolute Gasteiger partial charge is 0.508 e. The summed E-state index contributed by atoms with van der Waals surface area (Å²) >= 11 is 0. The summed E-state index contributed by atoms with van der Waals surface area (Å²) in [7, 11) is 1.66. The molecule has 0 spiro atoms. The van der Waals surface area contributed by atoms with Crippen molar-refractivity contribution >= 4 is 0 Å². The van der Waals surface area contributed by atoms with Crippen LogP contribution in [0, 0.1) is 0 Å². The highest BCUT2D eigenvalue weighted by Crippen LogP contribution is 2.56. The molecule has 0 unspecified atom stereocenters. The predicted molar refractivity (Wildman–Crippen MR) is 97.5 cm³/mol. The van der Waals surface area contributed by atoms with Gasteiger partial charge >= 0.3 is 0 Å². The van der Waals surface area contributed by atoms with E-state index in [1.54, 1.807) is 7.11 Å². The van der Waals surface area contributed by atoms with E-state index in [4.69, 9.17) is 14.2 Å². The lowest BCUT2D eigenvalue weighted by molar-refractivity contribution is 0.135. The molecule has 136 valence electrons. The highest BCUT2D eigenvalue weighted by molar-refractivity contribution is 5.60. The molecule has 2 aliphatic heterocycles. The molecule has 5 heteroatoms. The van der Waals surface area contributed by atoms with E-state index in [2.05, 4.69) is 19.9 Å². The van der Waals surface area contributed by atoms with E-state index >= 15 is 0 Å². The van der Waals surface area contributed by atoms with Crippen molar-refractivity contribution in [1.29, 1.82) is 0 Å². The molecule has 0 saturated heterocycles. The minimum atomic E-state index is -0.341. The molecular formula is C21H22O5. The minimum absolute atomic E-state index is 0.00991. The van der Waals surface area contributed by atoms with E-state index in [0.29, 0.717) is 24.3 Å². The third kappa shape index (κ3) is 2.55. The molecule has 2 aromatic carbocycles. The van der Waals surface area contributed by atoms with E-state index in [1.807, 2.05) is 12.1 Å². The SMILES string of the molecule is COc1ccc2c(c1CC=C(C)C)O[C@@H]1c3c(O)cc(O)cc3OC[C@H]21. The van der Waals surface area contributed by atoms with Crippen molar-refractivity contribution in [3.63, 3.8) is 0 Å². The molecule has 2 N–H and O–H groups in total. The number of methoxy groups -OCH3 is 1. The van der Waals surface area contributed by atoms with Gasteiger partial charge in [-0.3, -0.25) is 0 Å². The molecule has 2 aliphatic rings. The zero-order valence-electron chi connectivity index (χ0n) is 15.1. The fourth-order valence-electron chi connectivity index (χ4n) is 3.74. The Balaban J connectivity index is 1.81. The maximum atomic E-state index is 10.4. The van der Waals surface area contributed by atoms with Gasteiger partial charge in [0, 0.05) is 23.3 Å². The fraction of sp³-hybridized carbons (Fsp3) is 0.333. The van der Waals surface area contributed by atoms with Crippen molar-refractivity contribution in [3.05, 3.63) is 52.6 Å². The van der Waals surface area contributed by atoms with E-state index < -0.39 is 0 Å². The lowest BCUT2D eigenvalue weighted by Crippen LogP contribution is -2.23. The number of hydrogen-bond acceptors (Lipinski definition) is 5. The van der Waals surface area contributed by atoms with Crippen LogP contribution in [0.1, 0.15) is 42.6 Å². The molecule has 0 radical (unpaired) electrons. The topological polar surface area (TPSA) is 68.2 Å². The van der Waals surface area contributed by atoms with Crippen LogP contribution >= 0.6 is 0 Å². The molecule has 0 aromatic heterocycles. The number of ether oxygens (including phenoxy) is 3. The number of phenolic OH excluding ortho intramolecular Hbond substituents is 2. The lowest BCUT2D eigenvalue weighted by Gasteiger charge is -2.28. The van der Waals surface area contributed by atoms with Crippen molar-refractivity contribution in [3.8, 4) is 28.7 Å². The monoisotopic (exact) mass is 354 g/mol. The summed E-state index contributed by atoms with van der Waals surface area (Å²) in [5.41, 5.74) is 3.87. The summed E-state index contributed by atoms with van der Waals surface area (Å²) < 4.78 is 17.7. The first-order valence-electron chi connectivity index (χ1n) is 8.68. The first-order chi connectivity index (χ1) is 12.5. The van der Waals surface area contributed by atoms with Gasteiger partial charge in [-0.1, -0.05) is 17.7 Å². The fourth-order valence-corrected chi connectivity index (χ4v) is 3.74. The maximum Gasteiger partial charge on any atom is 0.141 e. The quantitative estimate of drug-likeness (QED) is 0.808. The van der Waals surface area contributed by atoms with Gasteiger partial charge in [0.1, 0.15) is 34.9 Å². The van der Waals surface area contributed by atoms with Gasteiger partial charge in [0.2, 0.25) is 0 Å². The van der Waals surface area contributed by atoms with Crippen LogP contribution in [-0.2, 0) is 6.42 Å². The van der Waals surface area contributed by atoms with Gasteiger partial charge < -0.3 is 24.4 Å². The normalized spacial score (nSPS) is 19.5. The molecule has 5 nitrogen and oxygen atoms in total. The van der Waals surface area contributed by atoms with Gasteiger partial charge in [-0.2, -0.15) is 0 Å². The third-order valence-corrected chi connectivity index (χ3v) is 5.00. The van der Waals surface area contributed by atoms with E-state index in [9.17, 15) is 10.2 Å². The summed E-state index contributed by atoms with van der Waals surface area (Å²) in [6.45, 7) is 4.55. The molecule has 4 rings (SSSR count). The zero-order valence-corrected chi connectivity index (χ0v) is 15.1. The van der Waals surface area contributed by atoms with Crippen molar-refractivity contribution in [2.24, 2.45) is 0 Å². The van der Waals surface area contributed by atoms with Crippen LogP contribution in [0.15, 0.2) is 35.9 Å². The molecule has 2 heterocycles. The first kappa shape index (κ1) is 16.6. The molecule has 2 atom stereocenters. The average molecular weight is 354 g/mol. The van der Waals surface area contributed by atoms with Crippen molar-refractivity contribution < 1.29 is 24.4 Å². The standard InChI is InChI=1S/C21H22O5/c1-11(2)4-5-14-17(24-3)7-6-13-15-10-25-18-9-12(22)8-16(23)19(18)21(15)26-20(13)14/h4,6-9,15,21-23H,5,10H2,1-3H3/t15-,21+/m1/s1. The summed E-state index contributed by atoms with van der Waals surface area (Å²) in [5.74, 6) is 2.01. The zero-order chi connectivity index (χ0) is 18.4. The molecule has 0 fully saturated rings. The summed E-state index contributed by atoms with van der Waals surface area (Å²) in [4.78, 5) is 0. The number of phenols is 2. The summed E-state index contributed by atoms with van der Waals surface area (Å²) in [6, 6.07) is 6.81. The minimum Gasteiger partial charge on any atom is -0.508 e. The van der Waals surface area contributed by atoms with Crippen LogP contribution in [-0.4, -0.2) is 23.9 Å². The van der Waals surface area contributed by atoms with Crippen LogP contribution in [0.4, 0.5) is 0 Å². The molecule has 26 heavy (non-hydrogen) atoms. The highest BCUT2D eigenvalue weighted by atomic mass is 16.5. The Hall–Kier alpha value is -2.82. The van der Waals surface area contributed by atoms with Gasteiger partial charge in [0.15, 0.2) is 0 Å². The van der Waals surface area contributed by atoms with Crippen LogP contribution in [0.25, 0.3) is 0 Å². The van der Waals surface area contributed by atoms with E-state index in [1.165, 1.54) is 17.7 Å². The number of aromatic hydroxyl groups is 2. The number of allylic oxidation sites excluding steroid dienone is 2. The van der Waals surface area contributed by atoms with E-state index in [0.717, 1.165) is 22.6 Å². The summed E-state index contributed by atoms with van der Waals surface area (Å²) in [6.07, 6.45) is 2.51. The number of hydrogen-bond donors (Lipinski definition) is 2. The molecule has 0 aliphatic carbocycles. The Morgan fingerprint density at radius 1 is 1.27 bits per heavy atom. The first-order valence-corrected chi connectivity index (χ1v) is 8.68. The third-order valence-electron chi connectivity index (χ3n) is 5.00. The Bertz CT molecular complexity index is 896. The molecular weight excluding hydrogens is 332 g/mol. The van der Waals surface area contributed by atoms with Crippen molar-refractivity contribution in [2.75, 3.05) is 13.7 Å². The lowest BCUT2D eigenvalue weighted by atomic mass is 9.88. The Kier molecular flexibility index (Phi) is 3.94. The van der Waals surface area contributed by atoms with Crippen LogP contribution < -0.4 is 14.2 Å². The van der Waals surface area contributed by atoms with Gasteiger partial charge in [-0.15, -0.1) is 0 Å². The highest BCUT2D eigenvalue weighted by Gasteiger charge is 2.43. The van der Waals surface area contributed by atoms with Crippen molar-refractivity contribution in [1.82, 2.24) is 0 Å². The van der Waals surface area contributed by atoms with Gasteiger partial charge in [0.05, 0.1) is 25.2 Å². The smallest absolute Gasteiger partial charge is 0.141 e. The van der Waals surface area contributed by atoms with Crippen LogP contribution in [0.5, 0.6) is 28.7 Å². The second-order valence-corrected chi connectivity index (χ2v) is 6.98.